The zero-order chi connectivity index (χ0) is 8.81. The molecule has 0 aliphatic rings. The first-order valence-electron chi connectivity index (χ1n) is 3.89. The molecule has 0 unspecified atom stereocenters. The van der Waals surface area contributed by atoms with Gasteiger partial charge in [0.1, 0.15) is 0 Å². The van der Waals surface area contributed by atoms with Gasteiger partial charge < -0.3 is 11.9 Å². The zero-order valence-corrected chi connectivity index (χ0v) is 7.54. The van der Waals surface area contributed by atoms with Crippen LogP contribution in [0.25, 0.3) is 0 Å². The fraction of sp³-hybridized carbons (Fsp3) is 0.200. The molecule has 0 saturated heterocycles. The minimum atomic E-state index is 0. The van der Waals surface area contributed by atoms with E-state index in [-0.39, 0.29) is 12.7 Å². The number of rotatable bonds is 3. The number of halogens is 1. The van der Waals surface area contributed by atoms with Gasteiger partial charge in [0.05, 0.1) is 6.33 Å². The SMILES string of the molecule is N.NC/C(=C/F)Cc1ccccc1. The van der Waals surface area contributed by atoms with Crippen LogP contribution in [0.1, 0.15) is 5.56 Å². The molecule has 1 aromatic rings. The molecule has 5 N–H and O–H groups in total. The summed E-state index contributed by atoms with van der Waals surface area (Å²) in [4.78, 5) is 0. The van der Waals surface area contributed by atoms with E-state index < -0.39 is 0 Å². The highest BCUT2D eigenvalue weighted by Crippen LogP contribution is 2.06. The standard InChI is InChI=1S/C10H12FN.H3N/c11-7-10(8-12)6-9-4-2-1-3-5-9;/h1-5,7H,6,8,12H2;1H3/b10-7+;. The molecule has 0 aromatic heterocycles. The van der Waals surface area contributed by atoms with E-state index >= 15 is 0 Å². The van der Waals surface area contributed by atoms with Crippen molar-refractivity contribution in [1.82, 2.24) is 6.15 Å². The van der Waals surface area contributed by atoms with E-state index in [1.165, 1.54) is 0 Å². The molecular weight excluding hydrogens is 167 g/mol. The van der Waals surface area contributed by atoms with Crippen LogP contribution in [0.15, 0.2) is 42.2 Å². The maximum atomic E-state index is 12.1. The Hall–Kier alpha value is -1.19. The van der Waals surface area contributed by atoms with Gasteiger partial charge in [-0.2, -0.15) is 0 Å². The maximum absolute atomic E-state index is 12.1. The molecule has 0 aliphatic carbocycles. The largest absolute Gasteiger partial charge is 0.344 e. The number of hydrogen-bond donors (Lipinski definition) is 2. The summed E-state index contributed by atoms with van der Waals surface area (Å²) in [7, 11) is 0. The van der Waals surface area contributed by atoms with Gasteiger partial charge in [-0.25, -0.2) is 4.39 Å². The lowest BCUT2D eigenvalue weighted by atomic mass is 10.1. The minimum absolute atomic E-state index is 0. The van der Waals surface area contributed by atoms with Crippen molar-refractivity contribution in [2.24, 2.45) is 5.73 Å². The average molecular weight is 182 g/mol. The van der Waals surface area contributed by atoms with E-state index in [2.05, 4.69) is 0 Å². The van der Waals surface area contributed by atoms with Crippen LogP contribution in [0.5, 0.6) is 0 Å². The summed E-state index contributed by atoms with van der Waals surface area (Å²) in [5.41, 5.74) is 7.04. The van der Waals surface area contributed by atoms with Crippen molar-refractivity contribution in [3.8, 4) is 0 Å². The zero-order valence-electron chi connectivity index (χ0n) is 7.54. The van der Waals surface area contributed by atoms with E-state index in [0.717, 1.165) is 5.56 Å². The lowest BCUT2D eigenvalue weighted by Crippen LogP contribution is -2.04. The molecule has 0 spiro atoms. The van der Waals surface area contributed by atoms with Crippen molar-refractivity contribution in [2.75, 3.05) is 6.54 Å². The highest BCUT2D eigenvalue weighted by atomic mass is 19.1. The smallest absolute Gasteiger partial charge is 0.0875 e. The fourth-order valence-electron chi connectivity index (χ4n) is 1.01. The third kappa shape index (κ3) is 3.83. The van der Waals surface area contributed by atoms with Crippen molar-refractivity contribution >= 4 is 0 Å². The van der Waals surface area contributed by atoms with Crippen molar-refractivity contribution in [2.45, 2.75) is 6.42 Å². The first kappa shape index (κ1) is 11.8. The molecule has 2 nitrogen and oxygen atoms in total. The van der Waals surface area contributed by atoms with Crippen LogP contribution in [0.4, 0.5) is 4.39 Å². The molecule has 1 aromatic carbocycles. The molecule has 0 bridgehead atoms. The van der Waals surface area contributed by atoms with E-state index in [1.807, 2.05) is 30.3 Å². The van der Waals surface area contributed by atoms with Crippen LogP contribution >= 0.6 is 0 Å². The van der Waals surface area contributed by atoms with Crippen molar-refractivity contribution in [3.63, 3.8) is 0 Å². The summed E-state index contributed by atoms with van der Waals surface area (Å²) in [6, 6.07) is 9.71. The third-order valence-electron chi connectivity index (χ3n) is 1.69. The quantitative estimate of drug-likeness (QED) is 0.752. The topological polar surface area (TPSA) is 61.0 Å². The molecule has 1 rings (SSSR count). The van der Waals surface area contributed by atoms with Crippen LogP contribution in [-0.4, -0.2) is 6.54 Å². The number of hydrogen-bond acceptors (Lipinski definition) is 2. The Morgan fingerprint density at radius 1 is 1.31 bits per heavy atom. The van der Waals surface area contributed by atoms with Gasteiger partial charge in [-0.05, 0) is 17.6 Å². The monoisotopic (exact) mass is 182 g/mol. The van der Waals surface area contributed by atoms with Crippen LogP contribution in [0.3, 0.4) is 0 Å². The second kappa shape index (κ2) is 6.34. The molecule has 0 fully saturated rings. The van der Waals surface area contributed by atoms with E-state index in [9.17, 15) is 4.39 Å². The van der Waals surface area contributed by atoms with Crippen LogP contribution in [0.2, 0.25) is 0 Å². The molecule has 0 atom stereocenters. The molecule has 13 heavy (non-hydrogen) atoms. The van der Waals surface area contributed by atoms with Gasteiger partial charge in [-0.15, -0.1) is 0 Å². The summed E-state index contributed by atoms with van der Waals surface area (Å²) in [6.45, 7) is 0.283. The number of nitrogens with two attached hydrogens (primary N) is 1. The highest BCUT2D eigenvalue weighted by molar-refractivity contribution is 5.21. The summed E-state index contributed by atoms with van der Waals surface area (Å²) in [5, 5.41) is 0. The predicted octanol–water partition coefficient (Wildman–Crippen LogP) is 2.20. The maximum Gasteiger partial charge on any atom is 0.0875 e. The fourth-order valence-corrected chi connectivity index (χ4v) is 1.01. The molecule has 0 amide bonds. The second-order valence-electron chi connectivity index (χ2n) is 2.63. The first-order chi connectivity index (χ1) is 5.86. The third-order valence-corrected chi connectivity index (χ3v) is 1.69. The molecule has 72 valence electrons. The van der Waals surface area contributed by atoms with Crippen molar-refractivity contribution < 1.29 is 4.39 Å². The van der Waals surface area contributed by atoms with Crippen molar-refractivity contribution in [1.29, 1.82) is 0 Å². The first-order valence-corrected chi connectivity index (χ1v) is 3.89. The van der Waals surface area contributed by atoms with Gasteiger partial charge in [-0.3, -0.25) is 0 Å². The van der Waals surface area contributed by atoms with E-state index in [4.69, 9.17) is 5.73 Å². The van der Waals surface area contributed by atoms with Gasteiger partial charge in [0, 0.05) is 6.54 Å². The van der Waals surface area contributed by atoms with E-state index in [1.54, 1.807) is 0 Å². The lowest BCUT2D eigenvalue weighted by Gasteiger charge is -2.01. The summed E-state index contributed by atoms with van der Waals surface area (Å²) in [5.74, 6) is 0. The molecule has 0 radical (unpaired) electrons. The van der Waals surface area contributed by atoms with Gasteiger partial charge in [0.15, 0.2) is 0 Å². The summed E-state index contributed by atoms with van der Waals surface area (Å²) in [6.07, 6.45) is 1.20. The summed E-state index contributed by atoms with van der Waals surface area (Å²) < 4.78 is 12.1. The molecule has 0 heterocycles. The Balaban J connectivity index is 0.00000144. The van der Waals surface area contributed by atoms with Gasteiger partial charge >= 0.3 is 0 Å². The van der Waals surface area contributed by atoms with Crippen LogP contribution in [-0.2, 0) is 6.42 Å². The molecule has 3 heteroatoms. The van der Waals surface area contributed by atoms with Crippen LogP contribution < -0.4 is 11.9 Å². The van der Waals surface area contributed by atoms with Gasteiger partial charge in [-0.1, -0.05) is 30.3 Å². The van der Waals surface area contributed by atoms with E-state index in [0.29, 0.717) is 18.3 Å². The lowest BCUT2D eigenvalue weighted by molar-refractivity contribution is 0.699. The number of benzene rings is 1. The normalized spacial score (nSPS) is 10.8. The Morgan fingerprint density at radius 3 is 2.38 bits per heavy atom. The van der Waals surface area contributed by atoms with Gasteiger partial charge in [0.2, 0.25) is 0 Å². The molecule has 0 saturated carbocycles. The average Bonchev–Trinajstić information content (AvgIpc) is 2.16. The second-order valence-corrected chi connectivity index (χ2v) is 2.63. The minimum Gasteiger partial charge on any atom is -0.344 e. The Labute approximate surface area is 77.8 Å². The predicted molar refractivity (Wildman–Crippen MR) is 53.4 cm³/mol. The Kier molecular flexibility index (Phi) is 5.76. The molecular formula is C10H15FN2. The Bertz CT molecular complexity index is 257. The van der Waals surface area contributed by atoms with Crippen LogP contribution in [0, 0.1) is 0 Å². The summed E-state index contributed by atoms with van der Waals surface area (Å²) >= 11 is 0. The molecule has 0 aliphatic heterocycles. The van der Waals surface area contributed by atoms with Crippen molar-refractivity contribution in [3.05, 3.63) is 47.8 Å². The highest BCUT2D eigenvalue weighted by Gasteiger charge is 1.96. The Morgan fingerprint density at radius 2 is 1.92 bits per heavy atom. The van der Waals surface area contributed by atoms with Gasteiger partial charge in [0.25, 0.3) is 0 Å².